The van der Waals surface area contributed by atoms with Crippen LogP contribution in [-0.4, -0.2) is 0 Å². The minimum Gasteiger partial charge on any atom is -0.456 e. The Morgan fingerprint density at radius 1 is 1.11 bits per heavy atom. The third-order valence-electron chi connectivity index (χ3n) is 2.22. The molecule has 0 saturated carbocycles. The van der Waals surface area contributed by atoms with E-state index in [0.717, 1.165) is 12.1 Å². The quantitative estimate of drug-likeness (QED) is 0.701. The summed E-state index contributed by atoms with van der Waals surface area (Å²) in [7, 11) is 0. The van der Waals surface area contributed by atoms with E-state index < -0.39 is 11.7 Å². The molecule has 0 fully saturated rings. The van der Waals surface area contributed by atoms with Crippen molar-refractivity contribution in [3.05, 3.63) is 58.1 Å². The lowest BCUT2D eigenvalue weighted by molar-refractivity contribution is -0.137. The normalized spacial score (nSPS) is 11.4. The van der Waals surface area contributed by atoms with E-state index in [9.17, 15) is 13.2 Å². The van der Waals surface area contributed by atoms with Crippen LogP contribution in [0.5, 0.6) is 11.5 Å². The van der Waals surface area contributed by atoms with Gasteiger partial charge in [-0.25, -0.2) is 0 Å². The SMILES string of the molecule is FC(F)(F)c1[c]ccc(Oc2cccc(Cl)c2Cl)c1. The standard InChI is InChI=1S/C13H6Cl2F3O/c14-10-5-2-6-11(12(10)15)19-9-4-1-3-8(7-9)13(16,17)18/h1-2,4-7H. The van der Waals surface area contributed by atoms with Crippen LogP contribution in [0.1, 0.15) is 5.56 Å². The van der Waals surface area contributed by atoms with Crippen molar-refractivity contribution < 1.29 is 17.9 Å². The third-order valence-corrected chi connectivity index (χ3v) is 3.02. The lowest BCUT2D eigenvalue weighted by Crippen LogP contribution is -2.04. The molecule has 0 N–H and O–H groups in total. The van der Waals surface area contributed by atoms with Crippen LogP contribution in [0, 0.1) is 6.07 Å². The Hall–Kier alpha value is -1.39. The van der Waals surface area contributed by atoms with Gasteiger partial charge in [0.05, 0.1) is 10.6 Å². The van der Waals surface area contributed by atoms with E-state index in [-0.39, 0.29) is 21.5 Å². The van der Waals surface area contributed by atoms with E-state index in [1.165, 1.54) is 12.1 Å². The molecule has 0 aliphatic carbocycles. The second kappa shape index (κ2) is 5.31. The van der Waals surface area contributed by atoms with Gasteiger partial charge < -0.3 is 4.74 Å². The lowest BCUT2D eigenvalue weighted by Gasteiger charge is -2.11. The highest BCUT2D eigenvalue weighted by atomic mass is 35.5. The molecule has 0 heterocycles. The monoisotopic (exact) mass is 305 g/mol. The molecule has 2 aromatic carbocycles. The Labute approximate surface area is 117 Å². The fraction of sp³-hybridized carbons (Fsp3) is 0.0769. The average Bonchev–Trinajstić information content (AvgIpc) is 2.34. The Balaban J connectivity index is 2.31. The minimum absolute atomic E-state index is 0.00948. The Morgan fingerprint density at radius 3 is 2.53 bits per heavy atom. The minimum atomic E-state index is -4.47. The molecular weight excluding hydrogens is 300 g/mol. The summed E-state index contributed by atoms with van der Waals surface area (Å²) >= 11 is 11.7. The van der Waals surface area contributed by atoms with E-state index in [2.05, 4.69) is 6.07 Å². The smallest absolute Gasteiger partial charge is 0.417 e. The summed E-state index contributed by atoms with van der Waals surface area (Å²) in [5, 5.41) is 0.406. The predicted molar refractivity (Wildman–Crippen MR) is 66.8 cm³/mol. The first-order valence-corrected chi connectivity index (χ1v) is 5.84. The highest BCUT2D eigenvalue weighted by Gasteiger charge is 2.31. The van der Waals surface area contributed by atoms with Gasteiger partial charge in [-0.3, -0.25) is 0 Å². The average molecular weight is 306 g/mol. The molecule has 0 spiro atoms. The lowest BCUT2D eigenvalue weighted by atomic mass is 10.2. The van der Waals surface area contributed by atoms with Gasteiger partial charge in [-0.1, -0.05) is 35.3 Å². The first-order chi connectivity index (χ1) is 8.88. The van der Waals surface area contributed by atoms with Crippen LogP contribution in [0.4, 0.5) is 13.2 Å². The maximum atomic E-state index is 12.5. The van der Waals surface area contributed by atoms with E-state index in [1.807, 2.05) is 0 Å². The van der Waals surface area contributed by atoms with Crippen molar-refractivity contribution in [3.63, 3.8) is 0 Å². The summed E-state index contributed by atoms with van der Waals surface area (Å²) in [5.74, 6) is 0.198. The number of rotatable bonds is 2. The molecule has 0 bridgehead atoms. The van der Waals surface area contributed by atoms with Crippen LogP contribution in [0.15, 0.2) is 36.4 Å². The maximum Gasteiger partial charge on any atom is 0.417 e. The predicted octanol–water partition coefficient (Wildman–Crippen LogP) is 5.60. The number of ether oxygens (including phenoxy) is 1. The number of hydrogen-bond acceptors (Lipinski definition) is 1. The van der Waals surface area contributed by atoms with Crippen molar-refractivity contribution in [2.75, 3.05) is 0 Å². The third kappa shape index (κ3) is 3.33. The zero-order valence-electron chi connectivity index (χ0n) is 9.26. The molecule has 1 nitrogen and oxygen atoms in total. The molecule has 1 radical (unpaired) electrons. The first-order valence-electron chi connectivity index (χ1n) is 5.09. The zero-order valence-corrected chi connectivity index (χ0v) is 10.8. The number of halogens is 5. The molecule has 19 heavy (non-hydrogen) atoms. The van der Waals surface area contributed by atoms with Gasteiger partial charge in [0.1, 0.15) is 16.5 Å². The van der Waals surface area contributed by atoms with Crippen LogP contribution in [0.2, 0.25) is 10.0 Å². The number of alkyl halides is 3. The van der Waals surface area contributed by atoms with E-state index in [1.54, 1.807) is 12.1 Å². The van der Waals surface area contributed by atoms with Gasteiger partial charge in [0.15, 0.2) is 0 Å². The van der Waals surface area contributed by atoms with Crippen molar-refractivity contribution in [2.45, 2.75) is 6.18 Å². The van der Waals surface area contributed by atoms with Gasteiger partial charge in [-0.05, 0) is 30.3 Å². The van der Waals surface area contributed by atoms with Crippen LogP contribution in [-0.2, 0) is 6.18 Å². The number of benzene rings is 2. The molecule has 0 aliphatic heterocycles. The second-order valence-electron chi connectivity index (χ2n) is 3.59. The molecule has 2 aromatic rings. The highest BCUT2D eigenvalue weighted by molar-refractivity contribution is 6.42. The van der Waals surface area contributed by atoms with Crippen molar-refractivity contribution in [2.24, 2.45) is 0 Å². The van der Waals surface area contributed by atoms with Crippen LogP contribution < -0.4 is 4.74 Å². The highest BCUT2D eigenvalue weighted by Crippen LogP contribution is 2.36. The van der Waals surface area contributed by atoms with E-state index >= 15 is 0 Å². The number of hydrogen-bond donors (Lipinski definition) is 0. The van der Waals surface area contributed by atoms with Gasteiger partial charge in [0.25, 0.3) is 0 Å². The fourth-order valence-electron chi connectivity index (χ4n) is 1.36. The summed E-state index contributed by atoms with van der Waals surface area (Å²) in [6, 6.07) is 10.1. The largest absolute Gasteiger partial charge is 0.456 e. The molecular formula is C13H6Cl2F3O. The van der Waals surface area contributed by atoms with E-state index in [0.29, 0.717) is 0 Å². The maximum absolute atomic E-state index is 12.5. The fourth-order valence-corrected chi connectivity index (χ4v) is 1.69. The Bertz CT molecular complexity index is 597. The van der Waals surface area contributed by atoms with Crippen LogP contribution in [0.25, 0.3) is 0 Å². The molecule has 0 unspecified atom stereocenters. The zero-order chi connectivity index (χ0) is 14.0. The Morgan fingerprint density at radius 2 is 1.84 bits per heavy atom. The van der Waals surface area contributed by atoms with Gasteiger partial charge in [-0.15, -0.1) is 0 Å². The van der Waals surface area contributed by atoms with Crippen molar-refractivity contribution in [1.82, 2.24) is 0 Å². The Kier molecular flexibility index (Phi) is 3.92. The van der Waals surface area contributed by atoms with Crippen molar-refractivity contribution >= 4 is 23.2 Å². The summed E-state index contributed by atoms with van der Waals surface area (Å²) in [5.41, 5.74) is -0.914. The molecule has 0 atom stereocenters. The molecule has 99 valence electrons. The molecule has 0 aromatic heterocycles. The van der Waals surface area contributed by atoms with Gasteiger partial charge in [-0.2, -0.15) is 13.2 Å². The summed E-state index contributed by atoms with van der Waals surface area (Å²) < 4.78 is 42.8. The van der Waals surface area contributed by atoms with Crippen molar-refractivity contribution in [1.29, 1.82) is 0 Å². The van der Waals surface area contributed by atoms with Crippen LogP contribution >= 0.6 is 23.2 Å². The summed E-state index contributed by atoms with van der Waals surface area (Å²) in [6.45, 7) is 0. The van der Waals surface area contributed by atoms with Crippen molar-refractivity contribution in [3.8, 4) is 11.5 Å². The van der Waals surface area contributed by atoms with Gasteiger partial charge >= 0.3 is 6.18 Å². The first kappa shape index (κ1) is 14.0. The van der Waals surface area contributed by atoms with E-state index in [4.69, 9.17) is 27.9 Å². The van der Waals surface area contributed by atoms with Gasteiger partial charge in [0.2, 0.25) is 0 Å². The molecule has 2 rings (SSSR count). The summed E-state index contributed by atoms with van der Waals surface area (Å²) in [6.07, 6.45) is -4.47. The summed E-state index contributed by atoms with van der Waals surface area (Å²) in [4.78, 5) is 0. The molecule has 0 saturated heterocycles. The topological polar surface area (TPSA) is 9.23 Å². The van der Waals surface area contributed by atoms with Crippen LogP contribution in [0.3, 0.4) is 0 Å². The molecule has 0 aliphatic rings. The van der Waals surface area contributed by atoms with Gasteiger partial charge in [0, 0.05) is 0 Å². The molecule has 0 amide bonds. The molecule has 6 heteroatoms. The second-order valence-corrected chi connectivity index (χ2v) is 4.37.